The maximum absolute atomic E-state index is 4.38. The molecule has 0 amide bonds. The molecule has 0 atom stereocenters. The average molecular weight is 233 g/mol. The summed E-state index contributed by atoms with van der Waals surface area (Å²) in [6.07, 6.45) is 5.27. The number of hydrogen-bond donors (Lipinski definition) is 0. The molecule has 2 aromatic heterocycles. The standard InChI is InChI=1S/C15H11N3/c1-2-5-12(6-3-1)14-11-13(7-10-16-14)15-17-8-4-9-18-15/h1-11H. The minimum absolute atomic E-state index is 0.720. The van der Waals surface area contributed by atoms with Crippen LogP contribution in [0, 0.1) is 0 Å². The second kappa shape index (κ2) is 4.75. The van der Waals surface area contributed by atoms with Crippen molar-refractivity contribution in [3.05, 3.63) is 67.1 Å². The number of aromatic nitrogens is 3. The van der Waals surface area contributed by atoms with Crippen LogP contribution in [0.3, 0.4) is 0 Å². The molecule has 3 aromatic rings. The first-order chi connectivity index (χ1) is 8.93. The molecule has 0 spiro atoms. The van der Waals surface area contributed by atoms with Gasteiger partial charge in [0.25, 0.3) is 0 Å². The molecule has 0 bridgehead atoms. The Morgan fingerprint density at radius 3 is 2.17 bits per heavy atom. The van der Waals surface area contributed by atoms with Gasteiger partial charge in [0.05, 0.1) is 5.69 Å². The third-order valence-electron chi connectivity index (χ3n) is 2.65. The highest BCUT2D eigenvalue weighted by molar-refractivity contribution is 5.66. The van der Waals surface area contributed by atoms with Gasteiger partial charge in [-0.1, -0.05) is 30.3 Å². The van der Waals surface area contributed by atoms with Crippen LogP contribution in [0.25, 0.3) is 22.6 Å². The maximum Gasteiger partial charge on any atom is 0.159 e. The van der Waals surface area contributed by atoms with Gasteiger partial charge in [0, 0.05) is 29.7 Å². The fraction of sp³-hybridized carbons (Fsp3) is 0. The van der Waals surface area contributed by atoms with Gasteiger partial charge >= 0.3 is 0 Å². The van der Waals surface area contributed by atoms with Crippen molar-refractivity contribution in [2.24, 2.45) is 0 Å². The molecule has 3 nitrogen and oxygen atoms in total. The van der Waals surface area contributed by atoms with Gasteiger partial charge in [-0.05, 0) is 18.2 Å². The largest absolute Gasteiger partial charge is 0.256 e. The smallest absolute Gasteiger partial charge is 0.159 e. The molecular weight excluding hydrogens is 222 g/mol. The average Bonchev–Trinajstić information content (AvgIpc) is 2.49. The summed E-state index contributed by atoms with van der Waals surface area (Å²) in [6, 6.07) is 15.8. The lowest BCUT2D eigenvalue weighted by atomic mass is 10.1. The highest BCUT2D eigenvalue weighted by Crippen LogP contribution is 2.21. The zero-order chi connectivity index (χ0) is 12.2. The van der Waals surface area contributed by atoms with E-state index < -0.39 is 0 Å². The van der Waals surface area contributed by atoms with Crippen LogP contribution in [0.2, 0.25) is 0 Å². The van der Waals surface area contributed by atoms with E-state index in [1.54, 1.807) is 18.6 Å². The Labute approximate surface area is 105 Å². The van der Waals surface area contributed by atoms with Gasteiger partial charge in [-0.15, -0.1) is 0 Å². The molecule has 3 heteroatoms. The Kier molecular flexibility index (Phi) is 2.80. The molecule has 0 aliphatic rings. The van der Waals surface area contributed by atoms with Crippen LogP contribution in [0.15, 0.2) is 67.1 Å². The summed E-state index contributed by atoms with van der Waals surface area (Å²) in [5.74, 6) is 0.720. The fourth-order valence-corrected chi connectivity index (χ4v) is 1.78. The molecule has 0 radical (unpaired) electrons. The van der Waals surface area contributed by atoms with E-state index in [1.165, 1.54) is 0 Å². The molecular formula is C15H11N3. The molecule has 0 aliphatic heterocycles. The number of rotatable bonds is 2. The molecule has 3 rings (SSSR count). The maximum atomic E-state index is 4.38. The predicted molar refractivity (Wildman–Crippen MR) is 70.7 cm³/mol. The van der Waals surface area contributed by atoms with Crippen LogP contribution in [-0.4, -0.2) is 15.0 Å². The second-order valence-corrected chi connectivity index (χ2v) is 3.87. The Morgan fingerprint density at radius 1 is 0.611 bits per heavy atom. The van der Waals surface area contributed by atoms with E-state index in [4.69, 9.17) is 0 Å². The van der Waals surface area contributed by atoms with E-state index in [0.29, 0.717) is 0 Å². The third-order valence-corrected chi connectivity index (χ3v) is 2.65. The zero-order valence-corrected chi connectivity index (χ0v) is 9.69. The normalized spacial score (nSPS) is 10.2. The SMILES string of the molecule is c1ccc(-c2cc(-c3ncccn3)ccn2)cc1. The van der Waals surface area contributed by atoms with E-state index in [0.717, 1.165) is 22.6 Å². The van der Waals surface area contributed by atoms with E-state index in [9.17, 15) is 0 Å². The molecule has 2 heterocycles. The summed E-state index contributed by atoms with van der Waals surface area (Å²) in [5.41, 5.74) is 3.00. The van der Waals surface area contributed by atoms with Crippen LogP contribution < -0.4 is 0 Å². The minimum Gasteiger partial charge on any atom is -0.256 e. The van der Waals surface area contributed by atoms with E-state index in [1.807, 2.05) is 48.5 Å². The highest BCUT2D eigenvalue weighted by atomic mass is 14.9. The lowest BCUT2D eigenvalue weighted by Gasteiger charge is -2.03. The van der Waals surface area contributed by atoms with Gasteiger partial charge in [0.1, 0.15) is 0 Å². The molecule has 0 unspecified atom stereocenters. The summed E-state index contributed by atoms with van der Waals surface area (Å²) in [5, 5.41) is 0. The molecule has 86 valence electrons. The number of benzene rings is 1. The van der Waals surface area contributed by atoms with Crippen molar-refractivity contribution in [2.45, 2.75) is 0 Å². The van der Waals surface area contributed by atoms with E-state index in [2.05, 4.69) is 15.0 Å². The van der Waals surface area contributed by atoms with Crippen LogP contribution in [-0.2, 0) is 0 Å². The van der Waals surface area contributed by atoms with Crippen molar-refractivity contribution in [3.8, 4) is 22.6 Å². The number of hydrogen-bond acceptors (Lipinski definition) is 3. The zero-order valence-electron chi connectivity index (χ0n) is 9.69. The van der Waals surface area contributed by atoms with Crippen molar-refractivity contribution < 1.29 is 0 Å². The Balaban J connectivity index is 2.05. The van der Waals surface area contributed by atoms with Crippen molar-refractivity contribution in [3.63, 3.8) is 0 Å². The molecule has 0 saturated heterocycles. The molecule has 0 saturated carbocycles. The fourth-order valence-electron chi connectivity index (χ4n) is 1.78. The van der Waals surface area contributed by atoms with Gasteiger partial charge in [-0.3, -0.25) is 4.98 Å². The first kappa shape index (κ1) is 10.6. The summed E-state index contributed by atoms with van der Waals surface area (Å²) in [4.78, 5) is 12.9. The molecule has 0 aliphatic carbocycles. The van der Waals surface area contributed by atoms with Gasteiger partial charge in [0.2, 0.25) is 0 Å². The molecule has 18 heavy (non-hydrogen) atoms. The summed E-state index contributed by atoms with van der Waals surface area (Å²) < 4.78 is 0. The summed E-state index contributed by atoms with van der Waals surface area (Å²) >= 11 is 0. The molecule has 0 N–H and O–H groups in total. The topological polar surface area (TPSA) is 38.7 Å². The summed E-state index contributed by atoms with van der Waals surface area (Å²) in [6.45, 7) is 0. The van der Waals surface area contributed by atoms with Gasteiger partial charge in [-0.25, -0.2) is 9.97 Å². The quantitative estimate of drug-likeness (QED) is 0.682. The van der Waals surface area contributed by atoms with E-state index in [-0.39, 0.29) is 0 Å². The number of pyridine rings is 1. The van der Waals surface area contributed by atoms with Gasteiger partial charge < -0.3 is 0 Å². The highest BCUT2D eigenvalue weighted by Gasteiger charge is 2.03. The molecule has 1 aromatic carbocycles. The van der Waals surface area contributed by atoms with Crippen LogP contribution in [0.4, 0.5) is 0 Å². The minimum atomic E-state index is 0.720. The predicted octanol–water partition coefficient (Wildman–Crippen LogP) is 3.21. The number of nitrogens with zero attached hydrogens (tertiary/aromatic N) is 3. The Morgan fingerprint density at radius 2 is 1.39 bits per heavy atom. The first-order valence-electron chi connectivity index (χ1n) is 5.72. The lowest BCUT2D eigenvalue weighted by Crippen LogP contribution is -1.89. The van der Waals surface area contributed by atoms with Crippen molar-refractivity contribution in [1.82, 2.24) is 15.0 Å². The van der Waals surface area contributed by atoms with Crippen molar-refractivity contribution in [2.75, 3.05) is 0 Å². The monoisotopic (exact) mass is 233 g/mol. The second-order valence-electron chi connectivity index (χ2n) is 3.87. The van der Waals surface area contributed by atoms with E-state index >= 15 is 0 Å². The Bertz CT molecular complexity index is 581. The van der Waals surface area contributed by atoms with Crippen LogP contribution in [0.5, 0.6) is 0 Å². The van der Waals surface area contributed by atoms with Gasteiger partial charge in [0.15, 0.2) is 5.82 Å². The third kappa shape index (κ3) is 2.11. The van der Waals surface area contributed by atoms with Crippen molar-refractivity contribution >= 4 is 0 Å². The summed E-state index contributed by atoms with van der Waals surface area (Å²) in [7, 11) is 0. The lowest BCUT2D eigenvalue weighted by molar-refractivity contribution is 1.17. The van der Waals surface area contributed by atoms with Crippen LogP contribution in [0.1, 0.15) is 0 Å². The Hall–Kier alpha value is -2.55. The van der Waals surface area contributed by atoms with Gasteiger partial charge in [-0.2, -0.15) is 0 Å². The van der Waals surface area contributed by atoms with Crippen LogP contribution >= 0.6 is 0 Å². The van der Waals surface area contributed by atoms with Crippen molar-refractivity contribution in [1.29, 1.82) is 0 Å². The first-order valence-corrected chi connectivity index (χ1v) is 5.72. The molecule has 0 fully saturated rings.